The molecule has 0 saturated heterocycles. The molecule has 2 aromatic heterocycles. The molecular formula is C20H22N6O. The highest BCUT2D eigenvalue weighted by atomic mass is 16.1. The van der Waals surface area contributed by atoms with E-state index in [1.165, 1.54) is 0 Å². The van der Waals surface area contributed by atoms with Crippen molar-refractivity contribution in [2.75, 3.05) is 5.73 Å². The van der Waals surface area contributed by atoms with Crippen LogP contribution in [0.3, 0.4) is 0 Å². The Morgan fingerprint density at radius 3 is 2.67 bits per heavy atom. The molecule has 2 N–H and O–H groups in total. The number of aryl methyl sites for hydroxylation is 2. The Bertz CT molecular complexity index is 1210. The lowest BCUT2D eigenvalue weighted by Crippen LogP contribution is -2.19. The van der Waals surface area contributed by atoms with Crippen LogP contribution in [0.2, 0.25) is 0 Å². The molecule has 0 amide bonds. The number of hydrogen-bond donors (Lipinski definition) is 1. The number of fused-ring (bicyclic) bond motifs is 1. The molecule has 0 aliphatic carbocycles. The quantitative estimate of drug-likeness (QED) is 0.568. The summed E-state index contributed by atoms with van der Waals surface area (Å²) >= 11 is 0. The van der Waals surface area contributed by atoms with Gasteiger partial charge in [-0.05, 0) is 50.6 Å². The van der Waals surface area contributed by atoms with Gasteiger partial charge >= 0.3 is 0 Å². The summed E-state index contributed by atoms with van der Waals surface area (Å²) in [5.41, 5.74) is 10.0. The van der Waals surface area contributed by atoms with Gasteiger partial charge in [0.05, 0.1) is 16.6 Å². The van der Waals surface area contributed by atoms with Gasteiger partial charge in [0.2, 0.25) is 0 Å². The van der Waals surface area contributed by atoms with Crippen LogP contribution in [-0.2, 0) is 7.05 Å². The Morgan fingerprint density at radius 2 is 1.93 bits per heavy atom. The Kier molecular flexibility index (Phi) is 3.87. The van der Waals surface area contributed by atoms with Crippen LogP contribution in [0.4, 0.5) is 5.69 Å². The minimum absolute atomic E-state index is 0.0957. The summed E-state index contributed by atoms with van der Waals surface area (Å²) in [5, 5.41) is 8.90. The van der Waals surface area contributed by atoms with Gasteiger partial charge in [-0.25, -0.2) is 4.68 Å². The van der Waals surface area contributed by atoms with E-state index in [9.17, 15) is 4.79 Å². The minimum Gasteiger partial charge on any atom is -0.398 e. The van der Waals surface area contributed by atoms with Gasteiger partial charge in [-0.3, -0.25) is 9.48 Å². The topological polar surface area (TPSA) is 83.7 Å². The molecule has 2 aromatic carbocycles. The van der Waals surface area contributed by atoms with Crippen LogP contribution in [0.15, 0.2) is 47.5 Å². The molecule has 7 nitrogen and oxygen atoms in total. The first-order valence-corrected chi connectivity index (χ1v) is 8.86. The van der Waals surface area contributed by atoms with Gasteiger partial charge in [-0.15, -0.1) is 10.2 Å². The highest BCUT2D eigenvalue weighted by Gasteiger charge is 2.16. The molecule has 0 bridgehead atoms. The number of nitrogen functional groups attached to an aromatic ring is 1. The number of hydrogen-bond acceptors (Lipinski definition) is 4. The zero-order valence-electron chi connectivity index (χ0n) is 15.8. The first-order chi connectivity index (χ1) is 12.9. The molecule has 0 saturated carbocycles. The van der Waals surface area contributed by atoms with Crippen molar-refractivity contribution in [3.05, 3.63) is 58.6 Å². The normalized spacial score (nSPS) is 11.6. The van der Waals surface area contributed by atoms with E-state index in [0.717, 1.165) is 28.2 Å². The number of rotatable bonds is 3. The third kappa shape index (κ3) is 2.63. The van der Waals surface area contributed by atoms with Crippen LogP contribution in [-0.4, -0.2) is 24.1 Å². The average Bonchev–Trinajstić information content (AvgIpc) is 3.21. The number of benzene rings is 2. The monoisotopic (exact) mass is 362 g/mol. The van der Waals surface area contributed by atoms with E-state index >= 15 is 0 Å². The molecule has 27 heavy (non-hydrogen) atoms. The number of nitrogens with two attached hydrogens (primary N) is 1. The first-order valence-electron chi connectivity index (χ1n) is 8.86. The molecule has 2 heterocycles. The first kappa shape index (κ1) is 17.1. The van der Waals surface area contributed by atoms with Crippen molar-refractivity contribution >= 4 is 16.6 Å². The molecule has 4 rings (SSSR count). The van der Waals surface area contributed by atoms with E-state index in [2.05, 4.69) is 24.0 Å². The van der Waals surface area contributed by atoms with Crippen molar-refractivity contribution in [1.29, 1.82) is 0 Å². The molecule has 4 aromatic rings. The van der Waals surface area contributed by atoms with E-state index in [0.29, 0.717) is 11.1 Å². The average molecular weight is 362 g/mol. The SMILES string of the molecule is Cc1cc2c(cc1N)c(=O)n(-c1cccc(-c3nncn3C(C)C)c1)n2C. The van der Waals surface area contributed by atoms with Gasteiger partial charge in [0.15, 0.2) is 5.82 Å². The van der Waals surface area contributed by atoms with Crippen LogP contribution in [0.25, 0.3) is 28.0 Å². The summed E-state index contributed by atoms with van der Waals surface area (Å²) in [5.74, 6) is 0.777. The summed E-state index contributed by atoms with van der Waals surface area (Å²) in [4.78, 5) is 13.0. The van der Waals surface area contributed by atoms with Crippen molar-refractivity contribution < 1.29 is 0 Å². The molecule has 138 valence electrons. The number of anilines is 1. The fourth-order valence-corrected chi connectivity index (χ4v) is 3.40. The second-order valence-corrected chi connectivity index (χ2v) is 7.07. The van der Waals surface area contributed by atoms with Crippen LogP contribution < -0.4 is 11.3 Å². The Balaban J connectivity index is 1.93. The summed E-state index contributed by atoms with van der Waals surface area (Å²) < 4.78 is 5.52. The highest BCUT2D eigenvalue weighted by molar-refractivity contribution is 5.84. The molecule has 0 aliphatic heterocycles. The Labute approximate surface area is 156 Å². The molecule has 0 radical (unpaired) electrons. The molecule has 0 fully saturated rings. The zero-order chi connectivity index (χ0) is 19.3. The van der Waals surface area contributed by atoms with Gasteiger partial charge in [0, 0.05) is 24.3 Å². The van der Waals surface area contributed by atoms with Crippen LogP contribution in [0, 0.1) is 6.92 Å². The number of nitrogens with zero attached hydrogens (tertiary/aromatic N) is 5. The lowest BCUT2D eigenvalue weighted by Gasteiger charge is -2.12. The molecular weight excluding hydrogens is 340 g/mol. The fourth-order valence-electron chi connectivity index (χ4n) is 3.40. The van der Waals surface area contributed by atoms with E-state index in [1.807, 2.05) is 53.6 Å². The maximum atomic E-state index is 13.0. The van der Waals surface area contributed by atoms with Crippen LogP contribution >= 0.6 is 0 Å². The zero-order valence-corrected chi connectivity index (χ0v) is 15.8. The van der Waals surface area contributed by atoms with Crippen LogP contribution in [0.5, 0.6) is 0 Å². The van der Waals surface area contributed by atoms with Crippen molar-refractivity contribution in [3.8, 4) is 17.1 Å². The van der Waals surface area contributed by atoms with Crippen molar-refractivity contribution in [2.24, 2.45) is 7.05 Å². The number of aromatic nitrogens is 5. The van der Waals surface area contributed by atoms with Gasteiger partial charge in [0.1, 0.15) is 6.33 Å². The van der Waals surface area contributed by atoms with Crippen molar-refractivity contribution in [1.82, 2.24) is 24.1 Å². The van der Waals surface area contributed by atoms with Gasteiger partial charge in [-0.1, -0.05) is 12.1 Å². The predicted octanol–water partition coefficient (Wildman–Crippen LogP) is 3.06. The molecule has 0 aliphatic rings. The third-order valence-electron chi connectivity index (χ3n) is 4.93. The van der Waals surface area contributed by atoms with Gasteiger partial charge < -0.3 is 10.3 Å². The van der Waals surface area contributed by atoms with Gasteiger partial charge in [-0.2, -0.15) is 0 Å². The van der Waals surface area contributed by atoms with E-state index in [4.69, 9.17) is 5.73 Å². The summed E-state index contributed by atoms with van der Waals surface area (Å²) in [6.07, 6.45) is 1.72. The highest BCUT2D eigenvalue weighted by Crippen LogP contribution is 2.24. The van der Waals surface area contributed by atoms with E-state index < -0.39 is 0 Å². The summed E-state index contributed by atoms with van der Waals surface area (Å²) in [6, 6.07) is 11.7. The molecule has 0 spiro atoms. The lowest BCUT2D eigenvalue weighted by atomic mass is 10.1. The maximum Gasteiger partial charge on any atom is 0.279 e. The van der Waals surface area contributed by atoms with E-state index in [1.54, 1.807) is 17.1 Å². The predicted molar refractivity (Wildman–Crippen MR) is 107 cm³/mol. The third-order valence-corrected chi connectivity index (χ3v) is 4.93. The van der Waals surface area contributed by atoms with Crippen molar-refractivity contribution in [2.45, 2.75) is 26.8 Å². The second-order valence-electron chi connectivity index (χ2n) is 7.07. The maximum absolute atomic E-state index is 13.0. The molecule has 7 heteroatoms. The van der Waals surface area contributed by atoms with Crippen LogP contribution in [0.1, 0.15) is 25.5 Å². The largest absolute Gasteiger partial charge is 0.398 e. The fraction of sp³-hybridized carbons (Fsp3) is 0.250. The van der Waals surface area contributed by atoms with E-state index in [-0.39, 0.29) is 11.6 Å². The summed E-state index contributed by atoms with van der Waals surface area (Å²) in [6.45, 7) is 6.10. The second kappa shape index (κ2) is 6.12. The Morgan fingerprint density at radius 1 is 1.15 bits per heavy atom. The molecule has 0 atom stereocenters. The Hall–Kier alpha value is -3.35. The molecule has 0 unspecified atom stereocenters. The lowest BCUT2D eigenvalue weighted by molar-refractivity contribution is 0.604. The van der Waals surface area contributed by atoms with Gasteiger partial charge in [0.25, 0.3) is 5.56 Å². The smallest absolute Gasteiger partial charge is 0.279 e. The summed E-state index contributed by atoms with van der Waals surface area (Å²) in [7, 11) is 1.88. The van der Waals surface area contributed by atoms with Crippen molar-refractivity contribution in [3.63, 3.8) is 0 Å². The standard InChI is InChI=1S/C20H22N6O/c1-12(2)25-11-22-23-19(25)14-6-5-7-15(9-14)26-20(27)16-10-17(21)13(3)8-18(16)24(26)4/h5-12H,21H2,1-4H3. The minimum atomic E-state index is -0.0957.